The molecule has 1 amide bonds. The normalized spacial score (nSPS) is 12.0. The Balaban J connectivity index is 2.25. The Morgan fingerprint density at radius 2 is 1.94 bits per heavy atom. The lowest BCUT2D eigenvalue weighted by Gasteiger charge is -2.11. The number of carboxylic acids is 1. The average molecular weight is 243 g/mol. The first-order valence-electron chi connectivity index (χ1n) is 5.61. The molecule has 2 aromatic carbocycles. The predicted octanol–water partition coefficient (Wildman–Crippen LogP) is 1.58. The zero-order valence-electron chi connectivity index (χ0n) is 9.67. The van der Waals surface area contributed by atoms with Gasteiger partial charge >= 0.3 is 5.97 Å². The van der Waals surface area contributed by atoms with Crippen LogP contribution in [0, 0.1) is 0 Å². The number of benzene rings is 2. The molecular weight excluding hydrogens is 230 g/mol. The summed E-state index contributed by atoms with van der Waals surface area (Å²) < 4.78 is 0. The lowest BCUT2D eigenvalue weighted by atomic mass is 10.0. The molecule has 0 aromatic heterocycles. The van der Waals surface area contributed by atoms with Gasteiger partial charge in [0, 0.05) is 6.42 Å². The summed E-state index contributed by atoms with van der Waals surface area (Å²) in [5.74, 6) is -1.03. The maximum Gasteiger partial charge on any atom is 0.326 e. The molecule has 4 nitrogen and oxygen atoms in total. The second-order valence-corrected chi connectivity index (χ2v) is 4.06. The summed E-state index contributed by atoms with van der Waals surface area (Å²) >= 11 is 0. The van der Waals surface area contributed by atoms with Gasteiger partial charge in [0.15, 0.2) is 0 Å². The highest BCUT2D eigenvalue weighted by Crippen LogP contribution is 2.16. The molecule has 0 aliphatic rings. The largest absolute Gasteiger partial charge is 0.480 e. The molecular formula is C14H13NO3. The van der Waals surface area contributed by atoms with E-state index < -0.39 is 12.0 Å². The summed E-state index contributed by atoms with van der Waals surface area (Å²) in [7, 11) is 0. The number of nitrogens with one attached hydrogen (secondary N) is 1. The van der Waals surface area contributed by atoms with Crippen molar-refractivity contribution in [3.8, 4) is 0 Å². The molecule has 0 saturated carbocycles. The SMILES string of the molecule is O=CN[C@@H](Cc1ccc2ccccc2c1)C(=O)O. The Bertz CT molecular complexity index is 580. The van der Waals surface area contributed by atoms with Gasteiger partial charge in [-0.15, -0.1) is 0 Å². The Kier molecular flexibility index (Phi) is 3.57. The number of rotatable bonds is 5. The van der Waals surface area contributed by atoms with Crippen LogP contribution in [-0.4, -0.2) is 23.5 Å². The third-order valence-electron chi connectivity index (χ3n) is 2.82. The van der Waals surface area contributed by atoms with Gasteiger partial charge in [0.1, 0.15) is 6.04 Å². The maximum atomic E-state index is 10.9. The van der Waals surface area contributed by atoms with Gasteiger partial charge in [0.25, 0.3) is 0 Å². The number of aliphatic carboxylic acids is 1. The summed E-state index contributed by atoms with van der Waals surface area (Å²) in [6, 6.07) is 12.7. The van der Waals surface area contributed by atoms with Crippen LogP contribution in [0.5, 0.6) is 0 Å². The van der Waals surface area contributed by atoms with E-state index in [-0.39, 0.29) is 6.42 Å². The average Bonchev–Trinajstić information content (AvgIpc) is 2.38. The quantitative estimate of drug-likeness (QED) is 0.783. The molecule has 0 unspecified atom stereocenters. The van der Waals surface area contributed by atoms with Gasteiger partial charge in [-0.05, 0) is 16.3 Å². The third-order valence-corrected chi connectivity index (χ3v) is 2.82. The van der Waals surface area contributed by atoms with Gasteiger partial charge in [0.05, 0.1) is 0 Å². The van der Waals surface area contributed by atoms with Crippen molar-refractivity contribution in [1.29, 1.82) is 0 Å². The molecule has 2 aromatic rings. The molecule has 1 atom stereocenters. The predicted molar refractivity (Wildman–Crippen MR) is 68.3 cm³/mol. The van der Waals surface area contributed by atoms with E-state index in [1.165, 1.54) is 0 Å². The van der Waals surface area contributed by atoms with Crippen LogP contribution >= 0.6 is 0 Å². The number of hydrogen-bond acceptors (Lipinski definition) is 2. The second-order valence-electron chi connectivity index (χ2n) is 4.06. The van der Waals surface area contributed by atoms with Crippen LogP contribution in [0.2, 0.25) is 0 Å². The Morgan fingerprint density at radius 3 is 2.61 bits per heavy atom. The van der Waals surface area contributed by atoms with Crippen molar-refractivity contribution in [1.82, 2.24) is 5.32 Å². The first-order chi connectivity index (χ1) is 8.70. The molecule has 0 fully saturated rings. The van der Waals surface area contributed by atoms with Gasteiger partial charge in [-0.1, -0.05) is 42.5 Å². The molecule has 2 N–H and O–H groups in total. The highest BCUT2D eigenvalue weighted by atomic mass is 16.4. The molecule has 0 saturated heterocycles. The molecule has 18 heavy (non-hydrogen) atoms. The fourth-order valence-corrected chi connectivity index (χ4v) is 1.90. The van der Waals surface area contributed by atoms with Gasteiger partial charge in [0.2, 0.25) is 6.41 Å². The molecule has 0 bridgehead atoms. The number of amides is 1. The van der Waals surface area contributed by atoms with Crippen molar-refractivity contribution in [2.75, 3.05) is 0 Å². The lowest BCUT2D eigenvalue weighted by Crippen LogP contribution is -2.37. The number of carbonyl (C=O) groups excluding carboxylic acids is 1. The third kappa shape index (κ3) is 2.66. The number of hydrogen-bond donors (Lipinski definition) is 2. The molecule has 2 rings (SSSR count). The smallest absolute Gasteiger partial charge is 0.326 e. The summed E-state index contributed by atoms with van der Waals surface area (Å²) in [6.07, 6.45) is 0.693. The lowest BCUT2D eigenvalue weighted by molar-refractivity contribution is -0.140. The van der Waals surface area contributed by atoms with Crippen LogP contribution in [0.25, 0.3) is 10.8 Å². The molecule has 0 spiro atoms. The fourth-order valence-electron chi connectivity index (χ4n) is 1.90. The number of carboxylic acid groups (broad SMARTS) is 1. The Hall–Kier alpha value is -2.36. The van der Waals surface area contributed by atoms with E-state index in [9.17, 15) is 9.59 Å². The van der Waals surface area contributed by atoms with Crippen LogP contribution in [0.3, 0.4) is 0 Å². The van der Waals surface area contributed by atoms with E-state index in [0.29, 0.717) is 6.41 Å². The zero-order valence-corrected chi connectivity index (χ0v) is 9.67. The van der Waals surface area contributed by atoms with E-state index in [0.717, 1.165) is 16.3 Å². The van der Waals surface area contributed by atoms with Gasteiger partial charge in [-0.25, -0.2) is 4.79 Å². The van der Waals surface area contributed by atoms with Crippen molar-refractivity contribution < 1.29 is 14.7 Å². The van der Waals surface area contributed by atoms with Crippen LogP contribution in [0.15, 0.2) is 42.5 Å². The van der Waals surface area contributed by atoms with E-state index in [2.05, 4.69) is 5.32 Å². The van der Waals surface area contributed by atoms with Gasteiger partial charge in [-0.2, -0.15) is 0 Å². The molecule has 0 heterocycles. The first kappa shape index (κ1) is 12.1. The van der Waals surface area contributed by atoms with Crippen molar-refractivity contribution in [3.05, 3.63) is 48.0 Å². The summed E-state index contributed by atoms with van der Waals surface area (Å²) in [6.45, 7) is 0. The van der Waals surface area contributed by atoms with E-state index in [1.54, 1.807) is 0 Å². The summed E-state index contributed by atoms with van der Waals surface area (Å²) in [4.78, 5) is 21.3. The molecule has 4 heteroatoms. The summed E-state index contributed by atoms with van der Waals surface area (Å²) in [5.41, 5.74) is 0.885. The topological polar surface area (TPSA) is 66.4 Å². The molecule has 0 aliphatic heterocycles. The minimum absolute atomic E-state index is 0.277. The van der Waals surface area contributed by atoms with Crippen LogP contribution < -0.4 is 5.32 Å². The summed E-state index contributed by atoms with van der Waals surface area (Å²) in [5, 5.41) is 13.4. The maximum absolute atomic E-state index is 10.9. The minimum atomic E-state index is -1.03. The zero-order chi connectivity index (χ0) is 13.0. The van der Waals surface area contributed by atoms with Gasteiger partial charge in [-0.3, -0.25) is 4.79 Å². The fraction of sp³-hybridized carbons (Fsp3) is 0.143. The molecule has 0 aliphatic carbocycles. The van der Waals surface area contributed by atoms with Crippen molar-refractivity contribution >= 4 is 23.2 Å². The second kappa shape index (κ2) is 5.31. The van der Waals surface area contributed by atoms with Crippen LogP contribution in [0.4, 0.5) is 0 Å². The van der Waals surface area contributed by atoms with Crippen LogP contribution in [-0.2, 0) is 16.0 Å². The van der Waals surface area contributed by atoms with E-state index >= 15 is 0 Å². The minimum Gasteiger partial charge on any atom is -0.480 e. The number of fused-ring (bicyclic) bond motifs is 1. The van der Waals surface area contributed by atoms with Crippen molar-refractivity contribution in [3.63, 3.8) is 0 Å². The van der Waals surface area contributed by atoms with Crippen molar-refractivity contribution in [2.24, 2.45) is 0 Å². The first-order valence-corrected chi connectivity index (χ1v) is 5.61. The molecule has 92 valence electrons. The number of carbonyl (C=O) groups is 2. The Morgan fingerprint density at radius 1 is 1.22 bits per heavy atom. The van der Waals surface area contributed by atoms with Gasteiger partial charge < -0.3 is 10.4 Å². The van der Waals surface area contributed by atoms with Crippen molar-refractivity contribution in [2.45, 2.75) is 12.5 Å². The van der Waals surface area contributed by atoms with Crippen LogP contribution in [0.1, 0.15) is 5.56 Å². The highest BCUT2D eigenvalue weighted by Gasteiger charge is 2.16. The van der Waals surface area contributed by atoms with E-state index in [1.807, 2.05) is 42.5 Å². The van der Waals surface area contributed by atoms with E-state index in [4.69, 9.17) is 5.11 Å². The Labute approximate surface area is 104 Å². The molecule has 0 radical (unpaired) electrons. The monoisotopic (exact) mass is 243 g/mol. The highest BCUT2D eigenvalue weighted by molar-refractivity contribution is 5.83. The standard InChI is InChI=1S/C14H13NO3/c16-9-15-13(14(17)18)8-10-5-6-11-3-1-2-4-12(11)7-10/h1-7,9,13H,8H2,(H,15,16)(H,17,18)/t13-/m0/s1.